The number of ether oxygens (including phenoxy) is 1. The van der Waals surface area contributed by atoms with Crippen LogP contribution in [0.3, 0.4) is 0 Å². The lowest BCUT2D eigenvalue weighted by molar-refractivity contribution is -0.0498. The molecule has 0 saturated carbocycles. The number of alkyl halides is 2. The fourth-order valence-electron chi connectivity index (χ4n) is 2.79. The van der Waals surface area contributed by atoms with E-state index in [1.165, 1.54) is 12.1 Å². The van der Waals surface area contributed by atoms with E-state index in [9.17, 15) is 13.6 Å². The maximum atomic E-state index is 12.4. The number of hydrogen-bond donors (Lipinski definition) is 2. The van der Waals surface area contributed by atoms with Gasteiger partial charge in [0, 0.05) is 24.3 Å². The first kappa shape index (κ1) is 19.0. The van der Waals surface area contributed by atoms with Gasteiger partial charge in [0.2, 0.25) is 0 Å². The molecule has 1 aliphatic rings. The van der Waals surface area contributed by atoms with Gasteiger partial charge in [0.15, 0.2) is 0 Å². The molecule has 0 unspecified atom stereocenters. The van der Waals surface area contributed by atoms with Crippen molar-refractivity contribution in [2.75, 3.05) is 11.9 Å². The van der Waals surface area contributed by atoms with E-state index in [0.717, 1.165) is 36.2 Å². The Hall–Kier alpha value is -2.34. The molecule has 134 valence electrons. The van der Waals surface area contributed by atoms with E-state index in [0.29, 0.717) is 12.1 Å². The number of fused-ring (bicyclic) bond motifs is 1. The summed E-state index contributed by atoms with van der Waals surface area (Å²) in [7, 11) is 0. The second-order valence-corrected chi connectivity index (χ2v) is 5.57. The molecular formula is C18H19ClF2N2O2. The predicted octanol–water partition coefficient (Wildman–Crippen LogP) is 4.00. The van der Waals surface area contributed by atoms with Gasteiger partial charge in [-0.1, -0.05) is 18.2 Å². The first-order valence-corrected chi connectivity index (χ1v) is 7.81. The molecule has 1 heterocycles. The van der Waals surface area contributed by atoms with E-state index >= 15 is 0 Å². The van der Waals surface area contributed by atoms with Crippen LogP contribution in [-0.4, -0.2) is 19.1 Å². The topological polar surface area (TPSA) is 50.4 Å². The molecule has 0 atom stereocenters. The Morgan fingerprint density at radius 3 is 2.68 bits per heavy atom. The molecule has 2 aromatic rings. The van der Waals surface area contributed by atoms with Crippen molar-refractivity contribution in [3.05, 3.63) is 59.2 Å². The Labute approximate surface area is 151 Å². The lowest BCUT2D eigenvalue weighted by Crippen LogP contribution is -2.25. The van der Waals surface area contributed by atoms with E-state index in [2.05, 4.69) is 15.4 Å². The van der Waals surface area contributed by atoms with Gasteiger partial charge >= 0.3 is 6.61 Å². The summed E-state index contributed by atoms with van der Waals surface area (Å²) in [6.45, 7) is -1.59. The Morgan fingerprint density at radius 2 is 1.96 bits per heavy atom. The third-order valence-electron chi connectivity index (χ3n) is 3.94. The van der Waals surface area contributed by atoms with Crippen molar-refractivity contribution >= 4 is 24.0 Å². The third-order valence-corrected chi connectivity index (χ3v) is 3.94. The maximum absolute atomic E-state index is 12.4. The SMILES string of the molecule is Cl.O=C(NCc1ccc(OC(F)F)cc1)c1cccc2c1CCCN2. The number of carbonyl (C=O) groups excluding carboxylic acids is 1. The van der Waals surface area contributed by atoms with Crippen molar-refractivity contribution in [3.8, 4) is 5.75 Å². The zero-order valence-corrected chi connectivity index (χ0v) is 14.2. The van der Waals surface area contributed by atoms with Gasteiger partial charge in [-0.05, 0) is 48.2 Å². The van der Waals surface area contributed by atoms with Gasteiger partial charge in [0.25, 0.3) is 5.91 Å². The second kappa shape index (κ2) is 8.67. The summed E-state index contributed by atoms with van der Waals surface area (Å²) in [6.07, 6.45) is 1.88. The number of benzene rings is 2. The zero-order chi connectivity index (χ0) is 16.9. The minimum absolute atomic E-state index is 0. The molecule has 2 N–H and O–H groups in total. The van der Waals surface area contributed by atoms with Gasteiger partial charge in [0.05, 0.1) is 0 Å². The Balaban J connectivity index is 0.00000225. The van der Waals surface area contributed by atoms with Crippen LogP contribution in [0.15, 0.2) is 42.5 Å². The van der Waals surface area contributed by atoms with Crippen LogP contribution < -0.4 is 15.4 Å². The molecule has 1 amide bonds. The van der Waals surface area contributed by atoms with Crippen LogP contribution in [0, 0.1) is 0 Å². The summed E-state index contributed by atoms with van der Waals surface area (Å²) in [5.74, 6) is -0.0354. The third kappa shape index (κ3) is 4.82. The van der Waals surface area contributed by atoms with Crippen LogP contribution in [0.25, 0.3) is 0 Å². The number of amides is 1. The highest BCUT2D eigenvalue weighted by molar-refractivity contribution is 5.97. The molecule has 0 fully saturated rings. The van der Waals surface area contributed by atoms with Crippen LogP contribution in [0.5, 0.6) is 5.75 Å². The molecule has 4 nitrogen and oxygen atoms in total. The van der Waals surface area contributed by atoms with Crippen molar-refractivity contribution in [2.24, 2.45) is 0 Å². The number of carbonyl (C=O) groups is 1. The van der Waals surface area contributed by atoms with Crippen LogP contribution in [0.4, 0.5) is 14.5 Å². The van der Waals surface area contributed by atoms with Gasteiger partial charge < -0.3 is 15.4 Å². The fraction of sp³-hybridized carbons (Fsp3) is 0.278. The highest BCUT2D eigenvalue weighted by Crippen LogP contribution is 2.25. The first-order valence-electron chi connectivity index (χ1n) is 7.81. The van der Waals surface area contributed by atoms with Gasteiger partial charge in [0.1, 0.15) is 5.75 Å². The minimum atomic E-state index is -2.84. The normalized spacial score (nSPS) is 12.6. The summed E-state index contributed by atoms with van der Waals surface area (Å²) in [5.41, 5.74) is 3.55. The van der Waals surface area contributed by atoms with Gasteiger partial charge in [-0.25, -0.2) is 0 Å². The van der Waals surface area contributed by atoms with E-state index in [1.54, 1.807) is 12.1 Å². The lowest BCUT2D eigenvalue weighted by atomic mass is 9.97. The van der Waals surface area contributed by atoms with Crippen molar-refractivity contribution in [2.45, 2.75) is 26.0 Å². The molecule has 1 aliphatic heterocycles. The van der Waals surface area contributed by atoms with E-state index in [-0.39, 0.29) is 24.1 Å². The number of anilines is 1. The molecule has 0 saturated heterocycles. The van der Waals surface area contributed by atoms with Crippen LogP contribution >= 0.6 is 12.4 Å². The molecule has 2 aromatic carbocycles. The zero-order valence-electron chi connectivity index (χ0n) is 13.4. The molecule has 0 spiro atoms. The Kier molecular flexibility index (Phi) is 6.58. The highest BCUT2D eigenvalue weighted by Gasteiger charge is 2.17. The molecular weight excluding hydrogens is 350 g/mol. The number of nitrogens with one attached hydrogen (secondary N) is 2. The molecule has 3 rings (SSSR count). The smallest absolute Gasteiger partial charge is 0.387 e. The largest absolute Gasteiger partial charge is 0.435 e. The van der Waals surface area contributed by atoms with Crippen LogP contribution in [0.1, 0.15) is 27.9 Å². The number of halogens is 3. The summed E-state index contributed by atoms with van der Waals surface area (Å²) in [5, 5.41) is 6.17. The highest BCUT2D eigenvalue weighted by atomic mass is 35.5. The van der Waals surface area contributed by atoms with Crippen molar-refractivity contribution in [1.82, 2.24) is 5.32 Å². The number of hydrogen-bond acceptors (Lipinski definition) is 3. The van der Waals surface area contributed by atoms with Gasteiger partial charge in [-0.15, -0.1) is 12.4 Å². The summed E-state index contributed by atoms with van der Waals surface area (Å²) < 4.78 is 28.5. The summed E-state index contributed by atoms with van der Waals surface area (Å²) >= 11 is 0. The minimum Gasteiger partial charge on any atom is -0.435 e. The fourth-order valence-corrected chi connectivity index (χ4v) is 2.79. The van der Waals surface area contributed by atoms with Gasteiger partial charge in [-0.2, -0.15) is 8.78 Å². The molecule has 0 aliphatic carbocycles. The quantitative estimate of drug-likeness (QED) is 0.838. The number of rotatable bonds is 5. The molecule has 0 bridgehead atoms. The molecule has 25 heavy (non-hydrogen) atoms. The summed E-state index contributed by atoms with van der Waals surface area (Å²) in [4.78, 5) is 12.4. The lowest BCUT2D eigenvalue weighted by Gasteiger charge is -2.20. The van der Waals surface area contributed by atoms with Crippen LogP contribution in [-0.2, 0) is 13.0 Å². The Morgan fingerprint density at radius 1 is 1.20 bits per heavy atom. The Bertz CT molecular complexity index is 724. The predicted molar refractivity (Wildman–Crippen MR) is 94.7 cm³/mol. The molecule has 7 heteroatoms. The van der Waals surface area contributed by atoms with Crippen molar-refractivity contribution in [3.63, 3.8) is 0 Å². The van der Waals surface area contributed by atoms with Crippen LogP contribution in [0.2, 0.25) is 0 Å². The second-order valence-electron chi connectivity index (χ2n) is 5.57. The van der Waals surface area contributed by atoms with Gasteiger partial charge in [-0.3, -0.25) is 4.79 Å². The van der Waals surface area contributed by atoms with Crippen molar-refractivity contribution < 1.29 is 18.3 Å². The van der Waals surface area contributed by atoms with E-state index in [1.807, 2.05) is 18.2 Å². The standard InChI is InChI=1S/C18H18F2N2O2.ClH/c19-18(20)24-13-8-6-12(7-9-13)11-22-17(23)15-3-1-5-16-14(15)4-2-10-21-16;/h1,3,5-9,18,21H,2,4,10-11H2,(H,22,23);1H. The first-order chi connectivity index (χ1) is 11.6. The van der Waals surface area contributed by atoms with E-state index in [4.69, 9.17) is 0 Å². The maximum Gasteiger partial charge on any atom is 0.387 e. The van der Waals surface area contributed by atoms with E-state index < -0.39 is 6.61 Å². The molecule has 0 radical (unpaired) electrons. The average Bonchev–Trinajstić information content (AvgIpc) is 2.60. The average molecular weight is 369 g/mol. The molecule has 0 aromatic heterocycles. The summed E-state index contributed by atoms with van der Waals surface area (Å²) in [6, 6.07) is 11.9. The monoisotopic (exact) mass is 368 g/mol. The van der Waals surface area contributed by atoms with Crippen molar-refractivity contribution in [1.29, 1.82) is 0 Å².